The van der Waals surface area contributed by atoms with Gasteiger partial charge in [0.2, 0.25) is 5.82 Å². The van der Waals surface area contributed by atoms with Gasteiger partial charge in [0.05, 0.1) is 11.0 Å². The number of aromatic carboxylic acids is 1. The Bertz CT molecular complexity index is 605. The number of aromatic nitrogens is 1. The highest BCUT2D eigenvalue weighted by Gasteiger charge is 2.43. The van der Waals surface area contributed by atoms with Crippen LogP contribution in [0.1, 0.15) is 23.3 Å². The second kappa shape index (κ2) is 4.96. The summed E-state index contributed by atoms with van der Waals surface area (Å²) in [5.41, 5.74) is -0.414. The molecule has 21 heavy (non-hydrogen) atoms. The summed E-state index contributed by atoms with van der Waals surface area (Å²) in [7, 11) is 0. The minimum Gasteiger partial charge on any atom is -0.477 e. The number of pyridine rings is 1. The summed E-state index contributed by atoms with van der Waals surface area (Å²) >= 11 is 0. The van der Waals surface area contributed by atoms with Crippen molar-refractivity contribution in [1.82, 2.24) is 4.98 Å². The molecule has 0 bridgehead atoms. The molecule has 2 heterocycles. The molecule has 0 spiro atoms. The number of carboxylic acids is 1. The molecular weight excluding hydrogens is 278 g/mol. The fourth-order valence-corrected chi connectivity index (χ4v) is 3.34. The maximum absolute atomic E-state index is 11.1. The number of rotatable bonds is 3. The van der Waals surface area contributed by atoms with Gasteiger partial charge in [-0.05, 0) is 24.8 Å². The topological polar surface area (TPSA) is 117 Å². The molecule has 0 radical (unpaired) electrons. The smallest absolute Gasteiger partial charge is 0.354 e. The minimum absolute atomic E-state index is 0.0832. The first kappa shape index (κ1) is 13.7. The van der Waals surface area contributed by atoms with Gasteiger partial charge in [0.1, 0.15) is 0 Å². The van der Waals surface area contributed by atoms with E-state index in [0.717, 1.165) is 18.9 Å². The van der Waals surface area contributed by atoms with Gasteiger partial charge in [-0.3, -0.25) is 10.1 Å². The van der Waals surface area contributed by atoms with E-state index in [1.54, 1.807) is 4.90 Å². The highest BCUT2D eigenvalue weighted by molar-refractivity contribution is 5.86. The number of carbonyl (C=O) groups is 1. The average molecular weight is 293 g/mol. The molecule has 3 rings (SSSR count). The average Bonchev–Trinajstić information content (AvgIpc) is 3.00. The zero-order valence-electron chi connectivity index (χ0n) is 11.2. The lowest BCUT2D eigenvalue weighted by molar-refractivity contribution is -0.384. The molecule has 112 valence electrons. The lowest BCUT2D eigenvalue weighted by atomic mass is 10.00. The van der Waals surface area contributed by atoms with Crippen molar-refractivity contribution in [2.24, 2.45) is 11.8 Å². The van der Waals surface area contributed by atoms with E-state index in [1.165, 1.54) is 6.07 Å². The van der Waals surface area contributed by atoms with Crippen LogP contribution in [0.4, 0.5) is 11.5 Å². The van der Waals surface area contributed by atoms with Crippen LogP contribution >= 0.6 is 0 Å². The number of nitrogens with zero attached hydrogens (tertiary/aromatic N) is 3. The molecule has 1 saturated carbocycles. The van der Waals surface area contributed by atoms with Crippen LogP contribution in [0.5, 0.6) is 0 Å². The van der Waals surface area contributed by atoms with Gasteiger partial charge in [0, 0.05) is 25.1 Å². The third-order valence-corrected chi connectivity index (χ3v) is 4.39. The Morgan fingerprint density at radius 1 is 1.38 bits per heavy atom. The number of aliphatic hydroxyl groups excluding tert-OH is 1. The minimum atomic E-state index is -1.22. The van der Waals surface area contributed by atoms with Crippen LogP contribution in [0, 0.1) is 22.0 Å². The predicted molar refractivity (Wildman–Crippen MR) is 72.3 cm³/mol. The Kier molecular flexibility index (Phi) is 3.25. The normalized spacial score (nSPS) is 27.7. The first-order chi connectivity index (χ1) is 9.97. The van der Waals surface area contributed by atoms with E-state index in [-0.39, 0.29) is 35.1 Å². The van der Waals surface area contributed by atoms with E-state index in [0.29, 0.717) is 13.1 Å². The SMILES string of the molecule is O=C(O)c1ccc([N+](=O)[O-])c(N2CC3CCC(O)C3C2)n1. The fraction of sp³-hybridized carbons (Fsp3) is 0.538. The summed E-state index contributed by atoms with van der Waals surface area (Å²) in [6.45, 7) is 1.04. The molecule has 2 fully saturated rings. The van der Waals surface area contributed by atoms with Gasteiger partial charge in [-0.25, -0.2) is 9.78 Å². The van der Waals surface area contributed by atoms with E-state index in [2.05, 4.69) is 4.98 Å². The molecule has 0 amide bonds. The van der Waals surface area contributed by atoms with Gasteiger partial charge in [-0.15, -0.1) is 0 Å². The Balaban J connectivity index is 1.95. The molecular formula is C13H15N3O5. The molecule has 1 aromatic rings. The molecule has 3 unspecified atom stereocenters. The number of carboxylic acid groups (broad SMARTS) is 1. The van der Waals surface area contributed by atoms with E-state index in [9.17, 15) is 20.0 Å². The second-order valence-electron chi connectivity index (χ2n) is 5.58. The largest absolute Gasteiger partial charge is 0.477 e. The molecule has 1 aliphatic heterocycles. The van der Waals surface area contributed by atoms with Gasteiger partial charge >= 0.3 is 11.7 Å². The summed E-state index contributed by atoms with van der Waals surface area (Å²) in [6.07, 6.45) is 1.25. The monoisotopic (exact) mass is 293 g/mol. The summed E-state index contributed by atoms with van der Waals surface area (Å²) in [4.78, 5) is 27.2. The van der Waals surface area contributed by atoms with Crippen LogP contribution in [0.2, 0.25) is 0 Å². The maximum Gasteiger partial charge on any atom is 0.354 e. The Labute approximate surface area is 120 Å². The van der Waals surface area contributed by atoms with Crippen molar-refractivity contribution in [3.63, 3.8) is 0 Å². The van der Waals surface area contributed by atoms with E-state index < -0.39 is 10.9 Å². The second-order valence-corrected chi connectivity index (χ2v) is 5.58. The van der Waals surface area contributed by atoms with Crippen molar-refractivity contribution in [1.29, 1.82) is 0 Å². The van der Waals surface area contributed by atoms with Crippen LogP contribution < -0.4 is 4.90 Å². The zero-order valence-corrected chi connectivity index (χ0v) is 11.2. The summed E-state index contributed by atoms with van der Waals surface area (Å²) in [5, 5.41) is 30.0. The van der Waals surface area contributed by atoms with Crippen LogP contribution in [0.3, 0.4) is 0 Å². The van der Waals surface area contributed by atoms with Gasteiger partial charge in [0.15, 0.2) is 5.69 Å². The highest BCUT2D eigenvalue weighted by atomic mass is 16.6. The molecule has 1 aromatic heterocycles. The number of fused-ring (bicyclic) bond motifs is 1. The Hall–Kier alpha value is -2.22. The van der Waals surface area contributed by atoms with Gasteiger partial charge in [0.25, 0.3) is 0 Å². The predicted octanol–water partition coefficient (Wildman–Crippen LogP) is 0.895. The lowest BCUT2D eigenvalue weighted by Gasteiger charge is -2.19. The van der Waals surface area contributed by atoms with Crippen molar-refractivity contribution in [3.05, 3.63) is 27.9 Å². The summed E-state index contributed by atoms with van der Waals surface area (Å²) in [6, 6.07) is 2.31. The quantitative estimate of drug-likeness (QED) is 0.628. The summed E-state index contributed by atoms with van der Waals surface area (Å²) in [5.74, 6) is -0.762. The van der Waals surface area contributed by atoms with Crippen LogP contribution in [0.25, 0.3) is 0 Å². The van der Waals surface area contributed by atoms with Gasteiger partial charge in [-0.1, -0.05) is 0 Å². The molecule has 1 aliphatic carbocycles. The maximum atomic E-state index is 11.1. The van der Waals surface area contributed by atoms with Gasteiger partial charge < -0.3 is 15.1 Å². The first-order valence-electron chi connectivity index (χ1n) is 6.79. The Morgan fingerprint density at radius 3 is 2.76 bits per heavy atom. The van der Waals surface area contributed by atoms with Crippen molar-refractivity contribution in [3.8, 4) is 0 Å². The van der Waals surface area contributed by atoms with Crippen LogP contribution in [-0.4, -0.2) is 45.3 Å². The fourth-order valence-electron chi connectivity index (χ4n) is 3.34. The molecule has 8 nitrogen and oxygen atoms in total. The molecule has 0 aromatic carbocycles. The number of anilines is 1. The van der Waals surface area contributed by atoms with Crippen LogP contribution in [-0.2, 0) is 0 Å². The van der Waals surface area contributed by atoms with Crippen molar-refractivity contribution < 1.29 is 19.9 Å². The van der Waals surface area contributed by atoms with Gasteiger partial charge in [-0.2, -0.15) is 0 Å². The van der Waals surface area contributed by atoms with E-state index >= 15 is 0 Å². The third kappa shape index (κ3) is 2.31. The number of hydrogen-bond donors (Lipinski definition) is 2. The molecule has 3 atom stereocenters. The molecule has 1 saturated heterocycles. The van der Waals surface area contributed by atoms with E-state index in [1.807, 2.05) is 0 Å². The molecule has 2 N–H and O–H groups in total. The van der Waals surface area contributed by atoms with Crippen molar-refractivity contribution in [2.45, 2.75) is 18.9 Å². The van der Waals surface area contributed by atoms with Crippen molar-refractivity contribution in [2.75, 3.05) is 18.0 Å². The zero-order chi connectivity index (χ0) is 15.1. The number of aliphatic hydroxyl groups is 1. The molecule has 8 heteroatoms. The summed E-state index contributed by atoms with van der Waals surface area (Å²) < 4.78 is 0. The van der Waals surface area contributed by atoms with Crippen molar-refractivity contribution >= 4 is 17.5 Å². The van der Waals surface area contributed by atoms with Crippen LogP contribution in [0.15, 0.2) is 12.1 Å². The standard InChI is InChI=1S/C13H15N3O5/c17-11-4-1-7-5-15(6-8(7)11)12-10(16(20)21)3-2-9(14-12)13(18)19/h2-3,7-8,11,17H,1,4-6H2,(H,18,19). The van der Waals surface area contributed by atoms with E-state index in [4.69, 9.17) is 5.11 Å². The highest BCUT2D eigenvalue weighted by Crippen LogP contribution is 2.41. The lowest BCUT2D eigenvalue weighted by Crippen LogP contribution is -2.26. The number of nitro groups is 1. The number of hydrogen-bond acceptors (Lipinski definition) is 6. The first-order valence-corrected chi connectivity index (χ1v) is 6.79. The Morgan fingerprint density at radius 2 is 2.14 bits per heavy atom. The third-order valence-electron chi connectivity index (χ3n) is 4.39. The molecule has 2 aliphatic rings.